The highest BCUT2D eigenvalue weighted by molar-refractivity contribution is 6.30. The Morgan fingerprint density at radius 2 is 2.12 bits per heavy atom. The summed E-state index contributed by atoms with van der Waals surface area (Å²) in [6, 6.07) is 7.81. The Bertz CT molecular complexity index is 407. The molecule has 1 rings (SSSR count). The van der Waals surface area contributed by atoms with Crippen molar-refractivity contribution in [3.8, 4) is 11.8 Å². The highest BCUT2D eigenvalue weighted by Gasteiger charge is 2.16. The topological polar surface area (TPSA) is 33.0 Å². The molecule has 0 atom stereocenters. The fourth-order valence-corrected chi connectivity index (χ4v) is 1.36. The quantitative estimate of drug-likeness (QED) is 0.794. The number of nitriles is 1. The average Bonchev–Trinajstić information content (AvgIpc) is 2.23. The number of rotatable bonds is 4. The summed E-state index contributed by atoms with van der Waals surface area (Å²) in [7, 11) is 0. The molecule has 0 unspecified atom stereocenters. The van der Waals surface area contributed by atoms with Crippen LogP contribution in [0.25, 0.3) is 0 Å². The van der Waals surface area contributed by atoms with E-state index in [1.807, 2.05) is 32.9 Å². The number of nitrogens with zero attached hydrogens (tertiary/aromatic N) is 1. The van der Waals surface area contributed by atoms with Gasteiger partial charge in [-0.05, 0) is 44.9 Å². The minimum absolute atomic E-state index is 0.341. The fourth-order valence-electron chi connectivity index (χ4n) is 1.20. The molecule has 0 saturated carbocycles. The van der Waals surface area contributed by atoms with Gasteiger partial charge in [0.1, 0.15) is 5.75 Å². The molecule has 0 aliphatic carbocycles. The van der Waals surface area contributed by atoms with Crippen LogP contribution in [-0.2, 0) is 0 Å². The van der Waals surface area contributed by atoms with Crippen LogP contribution in [0.15, 0.2) is 18.2 Å². The van der Waals surface area contributed by atoms with Gasteiger partial charge in [-0.1, -0.05) is 17.7 Å². The molecule has 0 aliphatic heterocycles. The van der Waals surface area contributed by atoms with Crippen LogP contribution >= 0.6 is 11.6 Å². The number of ether oxygens (including phenoxy) is 1. The normalized spacial score (nSPS) is 10.9. The molecule has 0 radical (unpaired) electrons. The molecule has 0 N–H and O–H groups in total. The van der Waals surface area contributed by atoms with Gasteiger partial charge in [0.25, 0.3) is 0 Å². The first kappa shape index (κ1) is 12.9. The molecule has 0 saturated heterocycles. The Kier molecular flexibility index (Phi) is 4.20. The van der Waals surface area contributed by atoms with Crippen molar-refractivity contribution in [1.82, 2.24) is 0 Å². The maximum Gasteiger partial charge on any atom is 0.123 e. The number of hydrogen-bond acceptors (Lipinski definition) is 2. The van der Waals surface area contributed by atoms with Gasteiger partial charge in [0.2, 0.25) is 0 Å². The Labute approximate surface area is 102 Å². The minimum Gasteiger partial charge on any atom is -0.493 e. The zero-order chi connectivity index (χ0) is 12.2. The van der Waals surface area contributed by atoms with Gasteiger partial charge in [0, 0.05) is 5.02 Å². The van der Waals surface area contributed by atoms with E-state index < -0.39 is 0 Å². The number of halogens is 1. The summed E-state index contributed by atoms with van der Waals surface area (Å²) in [5.41, 5.74) is 0.714. The lowest BCUT2D eigenvalue weighted by atomic mass is 9.92. The third-order valence-electron chi connectivity index (χ3n) is 2.44. The fraction of sp³-hybridized carbons (Fsp3) is 0.462. The Morgan fingerprint density at radius 3 is 2.75 bits per heavy atom. The second kappa shape index (κ2) is 5.23. The summed E-state index contributed by atoms with van der Waals surface area (Å²) in [5, 5.41) is 9.53. The SMILES string of the molecule is Cc1ccc(Cl)cc1OCCC(C)(C)C#N. The molecule has 16 heavy (non-hydrogen) atoms. The van der Waals surface area contributed by atoms with Crippen molar-refractivity contribution in [3.05, 3.63) is 28.8 Å². The van der Waals surface area contributed by atoms with Crippen LogP contribution < -0.4 is 4.74 Å². The summed E-state index contributed by atoms with van der Waals surface area (Å²) >= 11 is 5.88. The van der Waals surface area contributed by atoms with Gasteiger partial charge in [0.15, 0.2) is 0 Å². The maximum atomic E-state index is 8.86. The molecule has 0 heterocycles. The van der Waals surface area contributed by atoms with Gasteiger partial charge in [-0.2, -0.15) is 5.26 Å². The van der Waals surface area contributed by atoms with Gasteiger partial charge >= 0.3 is 0 Å². The molecule has 1 aromatic carbocycles. The number of benzene rings is 1. The van der Waals surface area contributed by atoms with Crippen LogP contribution in [0.1, 0.15) is 25.8 Å². The van der Waals surface area contributed by atoms with E-state index in [0.29, 0.717) is 18.1 Å². The Morgan fingerprint density at radius 1 is 1.44 bits per heavy atom. The van der Waals surface area contributed by atoms with Crippen LogP contribution in [0.2, 0.25) is 5.02 Å². The molecule has 86 valence electrons. The molecular weight excluding hydrogens is 222 g/mol. The second-order valence-electron chi connectivity index (χ2n) is 4.50. The number of aryl methyl sites for hydroxylation is 1. The summed E-state index contributed by atoms with van der Waals surface area (Å²) in [6.07, 6.45) is 0.704. The molecule has 0 spiro atoms. The standard InChI is InChI=1S/C13H16ClNO/c1-10-4-5-11(14)8-12(10)16-7-6-13(2,3)9-15/h4-5,8H,6-7H2,1-3H3. The van der Waals surface area contributed by atoms with Gasteiger partial charge in [-0.25, -0.2) is 0 Å². The van der Waals surface area contributed by atoms with E-state index in [9.17, 15) is 0 Å². The van der Waals surface area contributed by atoms with Crippen LogP contribution in [0.4, 0.5) is 0 Å². The highest BCUT2D eigenvalue weighted by atomic mass is 35.5. The van der Waals surface area contributed by atoms with E-state index in [-0.39, 0.29) is 5.41 Å². The van der Waals surface area contributed by atoms with E-state index in [1.165, 1.54) is 0 Å². The predicted molar refractivity (Wildman–Crippen MR) is 65.7 cm³/mol. The van der Waals surface area contributed by atoms with Crippen molar-refractivity contribution >= 4 is 11.6 Å². The van der Waals surface area contributed by atoms with Crippen molar-refractivity contribution in [2.75, 3.05) is 6.61 Å². The van der Waals surface area contributed by atoms with Crippen LogP contribution in [-0.4, -0.2) is 6.61 Å². The first-order valence-corrected chi connectivity index (χ1v) is 5.62. The van der Waals surface area contributed by atoms with E-state index in [2.05, 4.69) is 6.07 Å². The molecule has 3 heteroatoms. The lowest BCUT2D eigenvalue weighted by molar-refractivity contribution is 0.263. The molecule has 1 aromatic rings. The predicted octanol–water partition coefficient (Wildman–Crippen LogP) is 3.97. The molecule has 0 fully saturated rings. The molecule has 0 aliphatic rings. The lowest BCUT2D eigenvalue weighted by Gasteiger charge is -2.16. The lowest BCUT2D eigenvalue weighted by Crippen LogP contribution is -2.13. The maximum absolute atomic E-state index is 8.86. The van der Waals surface area contributed by atoms with E-state index in [0.717, 1.165) is 11.3 Å². The summed E-state index contributed by atoms with van der Waals surface area (Å²) in [5.74, 6) is 0.793. The Hall–Kier alpha value is -1.20. The summed E-state index contributed by atoms with van der Waals surface area (Å²) in [6.45, 7) is 6.31. The monoisotopic (exact) mass is 237 g/mol. The van der Waals surface area contributed by atoms with E-state index >= 15 is 0 Å². The van der Waals surface area contributed by atoms with Crippen LogP contribution in [0.3, 0.4) is 0 Å². The zero-order valence-electron chi connectivity index (χ0n) is 9.88. The number of hydrogen-bond donors (Lipinski definition) is 0. The smallest absolute Gasteiger partial charge is 0.123 e. The third kappa shape index (κ3) is 3.75. The van der Waals surface area contributed by atoms with Gasteiger partial charge in [-0.15, -0.1) is 0 Å². The molecule has 0 aromatic heterocycles. The van der Waals surface area contributed by atoms with Crippen molar-refractivity contribution in [2.24, 2.45) is 5.41 Å². The van der Waals surface area contributed by atoms with Crippen molar-refractivity contribution in [3.63, 3.8) is 0 Å². The minimum atomic E-state index is -0.341. The van der Waals surface area contributed by atoms with Crippen molar-refractivity contribution in [2.45, 2.75) is 27.2 Å². The van der Waals surface area contributed by atoms with Gasteiger partial charge in [0.05, 0.1) is 18.1 Å². The van der Waals surface area contributed by atoms with Crippen molar-refractivity contribution in [1.29, 1.82) is 5.26 Å². The molecule has 2 nitrogen and oxygen atoms in total. The van der Waals surface area contributed by atoms with Crippen LogP contribution in [0, 0.1) is 23.7 Å². The van der Waals surface area contributed by atoms with Gasteiger partial charge < -0.3 is 4.74 Å². The first-order chi connectivity index (χ1) is 7.44. The molecular formula is C13H16ClNO. The molecule has 0 amide bonds. The van der Waals surface area contributed by atoms with Gasteiger partial charge in [-0.3, -0.25) is 0 Å². The van der Waals surface area contributed by atoms with Crippen LogP contribution in [0.5, 0.6) is 5.75 Å². The first-order valence-electron chi connectivity index (χ1n) is 5.25. The largest absolute Gasteiger partial charge is 0.493 e. The van der Waals surface area contributed by atoms with E-state index in [4.69, 9.17) is 21.6 Å². The summed E-state index contributed by atoms with van der Waals surface area (Å²) in [4.78, 5) is 0. The van der Waals surface area contributed by atoms with E-state index in [1.54, 1.807) is 6.07 Å². The van der Waals surface area contributed by atoms with Crippen molar-refractivity contribution < 1.29 is 4.74 Å². The molecule has 0 bridgehead atoms. The zero-order valence-corrected chi connectivity index (χ0v) is 10.6. The summed E-state index contributed by atoms with van der Waals surface area (Å²) < 4.78 is 5.62. The Balaban J connectivity index is 2.56. The highest BCUT2D eigenvalue weighted by Crippen LogP contribution is 2.24. The average molecular weight is 238 g/mol. The second-order valence-corrected chi connectivity index (χ2v) is 4.94. The third-order valence-corrected chi connectivity index (χ3v) is 2.67.